The summed E-state index contributed by atoms with van der Waals surface area (Å²) in [6.07, 6.45) is 1.81. The van der Waals surface area contributed by atoms with E-state index in [4.69, 9.17) is 11.6 Å². The largest absolute Gasteiger partial charge is 0.213 e. The van der Waals surface area contributed by atoms with Gasteiger partial charge < -0.3 is 0 Å². The minimum Gasteiger partial charge on any atom is -0.212 e. The molecule has 1 aliphatic heterocycles. The molecule has 0 unspecified atom stereocenters. The van der Waals surface area contributed by atoms with Crippen LogP contribution in [0.1, 0.15) is 19.8 Å². The molecule has 0 amide bonds. The summed E-state index contributed by atoms with van der Waals surface area (Å²) in [5.41, 5.74) is 0. The molecular formula is C8H16ClNO2S. The zero-order chi connectivity index (χ0) is 9.90. The molecule has 13 heavy (non-hydrogen) atoms. The maximum Gasteiger partial charge on any atom is 0.213 e. The highest BCUT2D eigenvalue weighted by atomic mass is 35.5. The molecule has 0 aliphatic carbocycles. The van der Waals surface area contributed by atoms with Gasteiger partial charge in [-0.1, -0.05) is 0 Å². The molecule has 0 atom stereocenters. The fraction of sp³-hybridized carbons (Fsp3) is 1.00. The van der Waals surface area contributed by atoms with Gasteiger partial charge >= 0.3 is 0 Å². The number of alkyl halides is 1. The van der Waals surface area contributed by atoms with Crippen molar-refractivity contribution in [3.05, 3.63) is 0 Å². The zero-order valence-corrected chi connectivity index (χ0v) is 9.44. The predicted octanol–water partition coefficient (Wildman–Crippen LogP) is 1.29. The van der Waals surface area contributed by atoms with E-state index in [2.05, 4.69) is 0 Å². The van der Waals surface area contributed by atoms with E-state index in [1.54, 1.807) is 11.2 Å². The van der Waals surface area contributed by atoms with Crippen LogP contribution in [0.4, 0.5) is 0 Å². The fourth-order valence-electron chi connectivity index (χ4n) is 1.52. The Kier molecular flexibility index (Phi) is 4.01. The Morgan fingerprint density at radius 2 is 1.92 bits per heavy atom. The summed E-state index contributed by atoms with van der Waals surface area (Å²) in [4.78, 5) is 0. The quantitative estimate of drug-likeness (QED) is 0.679. The van der Waals surface area contributed by atoms with Crippen molar-refractivity contribution in [2.75, 3.05) is 24.7 Å². The summed E-state index contributed by atoms with van der Waals surface area (Å²) in [5, 5.41) is 0. The van der Waals surface area contributed by atoms with E-state index in [0.29, 0.717) is 24.9 Å². The third kappa shape index (κ3) is 2.82. The lowest BCUT2D eigenvalue weighted by Crippen LogP contribution is -2.39. The first-order valence-corrected chi connectivity index (χ1v) is 6.78. The molecule has 1 rings (SSSR count). The van der Waals surface area contributed by atoms with Gasteiger partial charge in [-0.05, 0) is 25.7 Å². The first-order chi connectivity index (χ1) is 6.10. The summed E-state index contributed by atoms with van der Waals surface area (Å²) in [6.45, 7) is 2.98. The van der Waals surface area contributed by atoms with Crippen molar-refractivity contribution in [2.45, 2.75) is 19.8 Å². The average molecular weight is 226 g/mol. The molecule has 1 fully saturated rings. The Morgan fingerprint density at radius 3 is 2.31 bits per heavy atom. The van der Waals surface area contributed by atoms with Crippen LogP contribution in [0.25, 0.3) is 0 Å². The summed E-state index contributed by atoms with van der Waals surface area (Å²) >= 11 is 5.71. The maximum absolute atomic E-state index is 11.4. The van der Waals surface area contributed by atoms with Gasteiger partial charge in [0.25, 0.3) is 0 Å². The van der Waals surface area contributed by atoms with Crippen molar-refractivity contribution in [2.24, 2.45) is 5.92 Å². The second kappa shape index (κ2) is 4.62. The van der Waals surface area contributed by atoms with Crippen LogP contribution < -0.4 is 0 Å². The maximum atomic E-state index is 11.4. The number of sulfonamides is 1. The van der Waals surface area contributed by atoms with Gasteiger partial charge in [-0.25, -0.2) is 12.7 Å². The highest BCUT2D eigenvalue weighted by Gasteiger charge is 2.25. The van der Waals surface area contributed by atoms with Gasteiger partial charge in [-0.3, -0.25) is 0 Å². The molecule has 0 spiro atoms. The number of hydrogen-bond donors (Lipinski definition) is 0. The average Bonchev–Trinajstić information content (AvgIpc) is 2.18. The van der Waals surface area contributed by atoms with Crippen LogP contribution in [-0.4, -0.2) is 37.4 Å². The fourth-order valence-corrected chi connectivity index (χ4v) is 2.97. The molecule has 1 heterocycles. The topological polar surface area (TPSA) is 37.4 Å². The van der Waals surface area contributed by atoms with E-state index in [1.807, 2.05) is 0 Å². The monoisotopic (exact) mass is 225 g/mol. The van der Waals surface area contributed by atoms with E-state index in [-0.39, 0.29) is 5.75 Å². The molecular weight excluding hydrogens is 210 g/mol. The molecule has 0 N–H and O–H groups in total. The van der Waals surface area contributed by atoms with Crippen LogP contribution in [0, 0.1) is 5.92 Å². The second-order valence-electron chi connectivity index (χ2n) is 3.40. The Balaban J connectivity index is 2.50. The molecule has 0 radical (unpaired) electrons. The number of piperidine rings is 1. The van der Waals surface area contributed by atoms with Crippen molar-refractivity contribution in [1.82, 2.24) is 4.31 Å². The summed E-state index contributed by atoms with van der Waals surface area (Å²) in [5.74, 6) is 1.36. The lowest BCUT2D eigenvalue weighted by atomic mass is 10.0. The van der Waals surface area contributed by atoms with Crippen LogP contribution >= 0.6 is 11.6 Å². The Labute approximate surface area is 85.1 Å². The lowest BCUT2D eigenvalue weighted by molar-refractivity contribution is 0.290. The van der Waals surface area contributed by atoms with E-state index in [0.717, 1.165) is 12.8 Å². The van der Waals surface area contributed by atoms with Crippen LogP contribution in [0.2, 0.25) is 0 Å². The predicted molar refractivity (Wildman–Crippen MR) is 54.5 cm³/mol. The smallest absolute Gasteiger partial charge is 0.212 e. The molecule has 0 aromatic heterocycles. The molecule has 1 saturated heterocycles. The van der Waals surface area contributed by atoms with Gasteiger partial charge in [0.15, 0.2) is 0 Å². The molecule has 0 aromatic rings. The van der Waals surface area contributed by atoms with Gasteiger partial charge in [0.05, 0.1) is 5.75 Å². The Hall–Kier alpha value is 0.200. The molecule has 1 aliphatic rings. The summed E-state index contributed by atoms with van der Waals surface area (Å²) in [7, 11) is -2.96. The summed E-state index contributed by atoms with van der Waals surface area (Å²) in [6, 6.07) is 0. The SMILES string of the molecule is CCS(=O)(=O)N1CCC(CCl)CC1. The molecule has 78 valence electrons. The van der Waals surface area contributed by atoms with Crippen LogP contribution in [0.5, 0.6) is 0 Å². The zero-order valence-electron chi connectivity index (χ0n) is 7.87. The van der Waals surface area contributed by atoms with Gasteiger partial charge in [-0.15, -0.1) is 11.6 Å². The van der Waals surface area contributed by atoms with Crippen LogP contribution in [0.3, 0.4) is 0 Å². The number of rotatable bonds is 3. The van der Waals surface area contributed by atoms with Crippen molar-refractivity contribution in [1.29, 1.82) is 0 Å². The van der Waals surface area contributed by atoms with Crippen LogP contribution in [0.15, 0.2) is 0 Å². The Bertz CT molecular complexity index is 245. The van der Waals surface area contributed by atoms with Crippen LogP contribution in [-0.2, 0) is 10.0 Å². The molecule has 5 heteroatoms. The van der Waals surface area contributed by atoms with Crippen molar-refractivity contribution in [3.63, 3.8) is 0 Å². The second-order valence-corrected chi connectivity index (χ2v) is 5.96. The normalized spacial score (nSPS) is 22.0. The third-order valence-electron chi connectivity index (χ3n) is 2.55. The highest BCUT2D eigenvalue weighted by molar-refractivity contribution is 7.89. The van der Waals surface area contributed by atoms with E-state index in [9.17, 15) is 8.42 Å². The molecule has 0 saturated carbocycles. The van der Waals surface area contributed by atoms with E-state index in [1.165, 1.54) is 0 Å². The minimum atomic E-state index is -2.96. The van der Waals surface area contributed by atoms with E-state index < -0.39 is 10.0 Å². The van der Waals surface area contributed by atoms with Gasteiger partial charge in [0.2, 0.25) is 10.0 Å². The highest BCUT2D eigenvalue weighted by Crippen LogP contribution is 2.20. The van der Waals surface area contributed by atoms with Gasteiger partial charge in [0, 0.05) is 19.0 Å². The number of halogens is 1. The minimum absolute atomic E-state index is 0.207. The Morgan fingerprint density at radius 1 is 1.38 bits per heavy atom. The molecule has 0 bridgehead atoms. The standard InChI is InChI=1S/C8H16ClNO2S/c1-2-13(11,12)10-5-3-8(7-9)4-6-10/h8H,2-7H2,1H3. The molecule has 0 aromatic carbocycles. The van der Waals surface area contributed by atoms with Crippen molar-refractivity contribution >= 4 is 21.6 Å². The lowest BCUT2D eigenvalue weighted by Gasteiger charge is -2.29. The summed E-state index contributed by atoms with van der Waals surface area (Å²) < 4.78 is 24.5. The van der Waals surface area contributed by atoms with Crippen molar-refractivity contribution < 1.29 is 8.42 Å². The number of nitrogens with zero attached hydrogens (tertiary/aromatic N) is 1. The van der Waals surface area contributed by atoms with Crippen molar-refractivity contribution in [3.8, 4) is 0 Å². The molecule has 3 nitrogen and oxygen atoms in total. The first-order valence-electron chi connectivity index (χ1n) is 4.64. The van der Waals surface area contributed by atoms with E-state index >= 15 is 0 Å². The number of hydrogen-bond acceptors (Lipinski definition) is 2. The van der Waals surface area contributed by atoms with Gasteiger partial charge in [0.1, 0.15) is 0 Å². The van der Waals surface area contributed by atoms with Gasteiger partial charge in [-0.2, -0.15) is 0 Å². The first kappa shape index (κ1) is 11.3. The third-order valence-corrected chi connectivity index (χ3v) is 4.87.